The van der Waals surface area contributed by atoms with Crippen molar-refractivity contribution in [1.82, 2.24) is 5.32 Å². The summed E-state index contributed by atoms with van der Waals surface area (Å²) in [7, 11) is -9.82. The number of esters is 1. The van der Waals surface area contributed by atoms with Crippen LogP contribution in [0, 0.1) is 10.1 Å². The molecule has 1 aromatic carbocycles. The maximum atomic E-state index is 11.9. The molecule has 16 nitrogen and oxygen atoms in total. The lowest BCUT2D eigenvalue weighted by Crippen LogP contribution is -2.31. The second-order valence-electron chi connectivity index (χ2n) is 7.14. The largest absolute Gasteiger partial charge is 0.493 e. The Labute approximate surface area is 204 Å². The van der Waals surface area contributed by atoms with E-state index < -0.39 is 43.7 Å². The number of nitrogens with zero attached hydrogens (tertiary/aromatic N) is 1. The highest BCUT2D eigenvalue weighted by molar-refractivity contribution is 7.72. The summed E-state index contributed by atoms with van der Waals surface area (Å²) in [4.78, 5) is 74.3. The molecule has 1 rings (SSSR count). The molecule has 6 N–H and O–H groups in total. The molecule has 0 saturated heterocycles. The predicted octanol–water partition coefficient (Wildman–Crippen LogP) is 0.500. The summed E-state index contributed by atoms with van der Waals surface area (Å²) in [6.07, 6.45) is 1.06. The molecule has 0 heterocycles. The van der Waals surface area contributed by atoms with Crippen molar-refractivity contribution in [3.63, 3.8) is 0 Å². The van der Waals surface area contributed by atoms with Gasteiger partial charge in [0.25, 0.3) is 10.2 Å². The zero-order chi connectivity index (χ0) is 27.6. The van der Waals surface area contributed by atoms with Crippen molar-refractivity contribution in [3.8, 4) is 11.5 Å². The molecule has 0 aliphatic heterocycles. The van der Waals surface area contributed by atoms with Crippen LogP contribution >= 0.6 is 15.2 Å². The van der Waals surface area contributed by atoms with E-state index in [0.29, 0.717) is 5.56 Å². The Balaban J connectivity index is 2.63. The summed E-state index contributed by atoms with van der Waals surface area (Å²) >= 11 is 0. The second kappa shape index (κ2) is 13.5. The van der Waals surface area contributed by atoms with E-state index in [1.807, 2.05) is 0 Å². The fourth-order valence-corrected chi connectivity index (χ4v) is 4.89. The third kappa shape index (κ3) is 9.66. The quantitative estimate of drug-likeness (QED) is 0.0327. The van der Waals surface area contributed by atoms with Gasteiger partial charge in [-0.15, -0.1) is 10.1 Å². The lowest BCUT2D eigenvalue weighted by molar-refractivity contribution is -0.757. The molecular weight excluding hydrogens is 530 g/mol. The summed E-state index contributed by atoms with van der Waals surface area (Å²) < 4.78 is 32.9. The van der Waals surface area contributed by atoms with E-state index in [9.17, 15) is 33.9 Å². The normalized spacial score (nSPS) is 12.3. The predicted molar refractivity (Wildman–Crippen MR) is 121 cm³/mol. The standard InChI is InChI=1S/C18H26N2O14P2/c1-32-15-12-13(5-7-14(15)34-17(22)4-2-11-33-20(24)25)6-8-16(21)19-10-3-9-18(23,35(26,27)28)36(29,30)31/h5-8,12,23H,2-4,9-11H2,1H3,(H,19,21)(H2,26,27,28)(H2,29,30,31). The molecule has 0 radical (unpaired) electrons. The van der Waals surface area contributed by atoms with Crippen LogP contribution in [-0.2, 0) is 23.6 Å². The summed E-state index contributed by atoms with van der Waals surface area (Å²) in [6.45, 7) is -0.518. The number of hydrogen-bond donors (Lipinski definition) is 6. The monoisotopic (exact) mass is 556 g/mol. The first-order valence-electron chi connectivity index (χ1n) is 10.1. The van der Waals surface area contributed by atoms with E-state index >= 15 is 0 Å². The van der Waals surface area contributed by atoms with Gasteiger partial charge in [-0.05, 0) is 36.6 Å². The number of hydrogen-bond acceptors (Lipinski definition) is 10. The molecule has 0 saturated carbocycles. The summed E-state index contributed by atoms with van der Waals surface area (Å²) in [5.74, 6) is -1.10. The number of carbonyl (C=O) groups is 2. The third-order valence-corrected chi connectivity index (χ3v) is 8.36. The third-order valence-electron chi connectivity index (χ3n) is 4.48. The van der Waals surface area contributed by atoms with Crippen molar-refractivity contribution in [2.45, 2.75) is 30.8 Å². The maximum absolute atomic E-state index is 11.9. The van der Waals surface area contributed by atoms with Gasteiger partial charge < -0.3 is 44.3 Å². The van der Waals surface area contributed by atoms with Crippen LogP contribution in [0.2, 0.25) is 0 Å². The van der Waals surface area contributed by atoms with Crippen LogP contribution in [0.25, 0.3) is 6.08 Å². The van der Waals surface area contributed by atoms with Crippen LogP contribution in [0.4, 0.5) is 0 Å². The zero-order valence-corrected chi connectivity index (χ0v) is 20.7. The molecule has 1 aromatic rings. The highest BCUT2D eigenvalue weighted by Gasteiger charge is 2.58. The summed E-state index contributed by atoms with van der Waals surface area (Å²) in [6, 6.07) is 4.33. The molecule has 0 unspecified atom stereocenters. The van der Waals surface area contributed by atoms with E-state index in [1.165, 1.54) is 31.4 Å². The van der Waals surface area contributed by atoms with Gasteiger partial charge in [0.05, 0.1) is 13.7 Å². The molecular formula is C18H26N2O14P2. The molecule has 18 heteroatoms. The number of aliphatic hydroxyl groups is 1. The van der Waals surface area contributed by atoms with E-state index in [4.69, 9.17) is 29.0 Å². The fourth-order valence-electron chi connectivity index (χ4n) is 2.63. The van der Waals surface area contributed by atoms with E-state index in [0.717, 1.165) is 6.08 Å². The molecule has 202 valence electrons. The Morgan fingerprint density at radius 2 is 1.78 bits per heavy atom. The number of amides is 1. The average Bonchev–Trinajstić information content (AvgIpc) is 2.77. The Kier molecular flexibility index (Phi) is 11.7. The summed E-state index contributed by atoms with van der Waals surface area (Å²) in [5.41, 5.74) is 0.457. The van der Waals surface area contributed by atoms with Gasteiger partial charge in [-0.1, -0.05) is 6.07 Å². The van der Waals surface area contributed by atoms with Crippen molar-refractivity contribution in [3.05, 3.63) is 40.0 Å². The maximum Gasteiger partial charge on any atom is 0.369 e. The van der Waals surface area contributed by atoms with Gasteiger partial charge in [0.1, 0.15) is 0 Å². The van der Waals surface area contributed by atoms with Gasteiger partial charge in [-0.25, -0.2) is 0 Å². The topological polar surface area (TPSA) is 252 Å². The van der Waals surface area contributed by atoms with Crippen LogP contribution in [-0.4, -0.2) is 67.0 Å². The Bertz CT molecular complexity index is 1040. The number of nitrogens with one attached hydrogen (secondary N) is 1. The van der Waals surface area contributed by atoms with Gasteiger partial charge in [-0.2, -0.15) is 0 Å². The van der Waals surface area contributed by atoms with Gasteiger partial charge in [0.15, 0.2) is 11.5 Å². The smallest absolute Gasteiger partial charge is 0.369 e. The number of carbonyl (C=O) groups excluding carboxylic acids is 2. The van der Waals surface area contributed by atoms with E-state index in [-0.39, 0.29) is 43.9 Å². The molecule has 0 aliphatic rings. The molecule has 1 amide bonds. The van der Waals surface area contributed by atoms with Crippen LogP contribution in [0.15, 0.2) is 24.3 Å². The number of benzene rings is 1. The van der Waals surface area contributed by atoms with Gasteiger partial charge in [0.2, 0.25) is 5.91 Å². The van der Waals surface area contributed by atoms with Crippen LogP contribution < -0.4 is 14.8 Å². The van der Waals surface area contributed by atoms with Crippen molar-refractivity contribution >= 4 is 33.1 Å². The zero-order valence-electron chi connectivity index (χ0n) is 18.9. The van der Waals surface area contributed by atoms with Crippen LogP contribution in [0.3, 0.4) is 0 Å². The SMILES string of the molecule is COc1cc(C=CC(=O)NCCCC(O)(P(=O)(O)O)P(=O)(O)O)ccc1OC(=O)CCCO[N+](=O)[O-]. The van der Waals surface area contributed by atoms with Crippen LogP contribution in [0.1, 0.15) is 31.2 Å². The fraction of sp³-hybridized carbons (Fsp3) is 0.444. The average molecular weight is 556 g/mol. The van der Waals surface area contributed by atoms with Gasteiger partial charge in [-0.3, -0.25) is 18.7 Å². The molecule has 0 atom stereocenters. The molecule has 0 aliphatic carbocycles. The minimum absolute atomic E-state index is 0.0654. The van der Waals surface area contributed by atoms with Crippen molar-refractivity contribution in [1.29, 1.82) is 0 Å². The molecule has 0 aromatic heterocycles. The van der Waals surface area contributed by atoms with Crippen molar-refractivity contribution in [2.24, 2.45) is 0 Å². The molecule has 0 fully saturated rings. The number of methoxy groups -OCH3 is 1. The first kappa shape index (κ1) is 31.2. The van der Waals surface area contributed by atoms with E-state index in [1.54, 1.807) is 0 Å². The lowest BCUT2D eigenvalue weighted by atomic mass is 10.2. The van der Waals surface area contributed by atoms with Crippen LogP contribution in [0.5, 0.6) is 11.5 Å². The Morgan fingerprint density at radius 3 is 2.33 bits per heavy atom. The molecule has 0 spiro atoms. The van der Waals surface area contributed by atoms with E-state index in [2.05, 4.69) is 10.2 Å². The second-order valence-corrected chi connectivity index (χ2v) is 11.1. The highest BCUT2D eigenvalue weighted by atomic mass is 31.2. The lowest BCUT2D eigenvalue weighted by Gasteiger charge is -2.29. The minimum Gasteiger partial charge on any atom is -0.493 e. The number of rotatable bonds is 15. The number of ether oxygens (including phenoxy) is 2. The minimum atomic E-state index is -5.57. The first-order valence-corrected chi connectivity index (χ1v) is 13.3. The summed E-state index contributed by atoms with van der Waals surface area (Å²) in [5, 5.41) is 17.7. The first-order chi connectivity index (χ1) is 16.6. The molecule has 36 heavy (non-hydrogen) atoms. The Hall–Kier alpha value is -2.84. The Morgan fingerprint density at radius 1 is 1.14 bits per heavy atom. The van der Waals surface area contributed by atoms with Gasteiger partial charge >= 0.3 is 21.2 Å². The highest BCUT2D eigenvalue weighted by Crippen LogP contribution is 2.69. The van der Waals surface area contributed by atoms with Gasteiger partial charge in [0, 0.05) is 25.5 Å². The van der Waals surface area contributed by atoms with Crippen molar-refractivity contribution < 1.29 is 62.8 Å². The molecule has 0 bridgehead atoms. The van der Waals surface area contributed by atoms with Crippen molar-refractivity contribution in [2.75, 3.05) is 20.3 Å².